The summed E-state index contributed by atoms with van der Waals surface area (Å²) >= 11 is 0. The average molecular weight is 258 g/mol. The third kappa shape index (κ3) is 4.46. The molecule has 1 heterocycles. The topological polar surface area (TPSA) is 50.8 Å². The van der Waals surface area contributed by atoms with Gasteiger partial charge in [0.05, 0.1) is 18.8 Å². The Kier molecular flexibility index (Phi) is 5.88. The molecular formula is C13H26N2O3. The first-order chi connectivity index (χ1) is 8.50. The summed E-state index contributed by atoms with van der Waals surface area (Å²) in [5, 5.41) is 3.00. The maximum absolute atomic E-state index is 12.1. The molecule has 0 bridgehead atoms. The van der Waals surface area contributed by atoms with Crippen LogP contribution in [0.5, 0.6) is 0 Å². The van der Waals surface area contributed by atoms with Gasteiger partial charge in [0.2, 0.25) is 0 Å². The fraction of sp³-hybridized carbons (Fsp3) is 0.923. The fourth-order valence-corrected chi connectivity index (χ4v) is 1.99. The summed E-state index contributed by atoms with van der Waals surface area (Å²) in [6, 6.07) is 0.134. The highest BCUT2D eigenvalue weighted by molar-refractivity contribution is 5.74. The zero-order valence-electron chi connectivity index (χ0n) is 12.0. The molecule has 18 heavy (non-hydrogen) atoms. The van der Waals surface area contributed by atoms with Gasteiger partial charge in [0.1, 0.15) is 0 Å². The van der Waals surface area contributed by atoms with Crippen LogP contribution in [-0.2, 0) is 9.47 Å². The lowest BCUT2D eigenvalue weighted by molar-refractivity contribution is -0.0874. The van der Waals surface area contributed by atoms with E-state index in [1.165, 1.54) is 0 Å². The maximum atomic E-state index is 12.1. The van der Waals surface area contributed by atoms with Gasteiger partial charge in [-0.05, 0) is 26.7 Å². The van der Waals surface area contributed by atoms with Crippen molar-refractivity contribution in [2.24, 2.45) is 0 Å². The molecule has 0 spiro atoms. The molecule has 1 N–H and O–H groups in total. The van der Waals surface area contributed by atoms with Crippen LogP contribution in [0.4, 0.5) is 4.79 Å². The third-order valence-electron chi connectivity index (χ3n) is 3.50. The molecule has 1 rings (SSSR count). The zero-order chi connectivity index (χ0) is 13.6. The van der Waals surface area contributed by atoms with E-state index in [1.807, 2.05) is 11.8 Å². The first kappa shape index (κ1) is 15.2. The predicted molar refractivity (Wildman–Crippen MR) is 70.7 cm³/mol. The number of hydrogen-bond donors (Lipinski definition) is 1. The van der Waals surface area contributed by atoms with Crippen LogP contribution in [-0.4, -0.2) is 56.0 Å². The van der Waals surface area contributed by atoms with Crippen molar-refractivity contribution in [2.45, 2.75) is 45.3 Å². The second-order valence-electron chi connectivity index (χ2n) is 5.21. The van der Waals surface area contributed by atoms with Gasteiger partial charge < -0.3 is 19.7 Å². The average Bonchev–Trinajstić information content (AvgIpc) is 2.36. The van der Waals surface area contributed by atoms with E-state index in [9.17, 15) is 4.79 Å². The molecule has 2 amide bonds. The van der Waals surface area contributed by atoms with Gasteiger partial charge in [-0.1, -0.05) is 6.92 Å². The minimum Gasteiger partial charge on any atom is -0.385 e. The summed E-state index contributed by atoms with van der Waals surface area (Å²) in [4.78, 5) is 13.9. The van der Waals surface area contributed by atoms with Gasteiger partial charge in [0.25, 0.3) is 0 Å². The molecule has 5 heteroatoms. The lowest BCUT2D eigenvalue weighted by Gasteiger charge is -2.40. The van der Waals surface area contributed by atoms with E-state index in [4.69, 9.17) is 9.47 Å². The van der Waals surface area contributed by atoms with Crippen molar-refractivity contribution in [1.29, 1.82) is 0 Å². The van der Waals surface area contributed by atoms with Crippen molar-refractivity contribution in [3.63, 3.8) is 0 Å². The van der Waals surface area contributed by atoms with E-state index in [0.717, 1.165) is 12.8 Å². The van der Waals surface area contributed by atoms with Crippen LogP contribution in [0, 0.1) is 0 Å². The SMILES string of the molecule is CCC1(C)CN(C(=O)NC(C)CCOC)CCO1. The molecule has 1 aliphatic rings. The molecular weight excluding hydrogens is 232 g/mol. The van der Waals surface area contributed by atoms with Crippen LogP contribution in [0.3, 0.4) is 0 Å². The Morgan fingerprint density at radius 3 is 2.94 bits per heavy atom. The molecule has 1 fully saturated rings. The highest BCUT2D eigenvalue weighted by atomic mass is 16.5. The molecule has 5 nitrogen and oxygen atoms in total. The number of morpholine rings is 1. The van der Waals surface area contributed by atoms with Gasteiger partial charge in [-0.3, -0.25) is 0 Å². The quantitative estimate of drug-likeness (QED) is 0.815. The van der Waals surface area contributed by atoms with Crippen molar-refractivity contribution in [1.82, 2.24) is 10.2 Å². The number of nitrogens with one attached hydrogen (secondary N) is 1. The Labute approximate surface area is 110 Å². The highest BCUT2D eigenvalue weighted by Crippen LogP contribution is 2.20. The molecule has 1 aliphatic heterocycles. The lowest BCUT2D eigenvalue weighted by Crippen LogP contribution is -2.55. The third-order valence-corrected chi connectivity index (χ3v) is 3.50. The number of amides is 2. The molecule has 1 saturated heterocycles. The highest BCUT2D eigenvalue weighted by Gasteiger charge is 2.32. The monoisotopic (exact) mass is 258 g/mol. The molecule has 0 radical (unpaired) electrons. The van der Waals surface area contributed by atoms with E-state index in [0.29, 0.717) is 26.3 Å². The van der Waals surface area contributed by atoms with E-state index in [-0.39, 0.29) is 17.7 Å². The van der Waals surface area contributed by atoms with Crippen molar-refractivity contribution in [2.75, 3.05) is 33.4 Å². The number of carbonyl (C=O) groups excluding carboxylic acids is 1. The van der Waals surface area contributed by atoms with Crippen LogP contribution < -0.4 is 5.32 Å². The summed E-state index contributed by atoms with van der Waals surface area (Å²) < 4.78 is 10.7. The minimum absolute atomic E-state index is 0.00146. The molecule has 2 unspecified atom stereocenters. The summed E-state index contributed by atoms with van der Waals surface area (Å²) in [7, 11) is 1.67. The van der Waals surface area contributed by atoms with Gasteiger partial charge in [-0.15, -0.1) is 0 Å². The largest absolute Gasteiger partial charge is 0.385 e. The zero-order valence-corrected chi connectivity index (χ0v) is 12.0. The second kappa shape index (κ2) is 6.95. The Bertz CT molecular complexity index is 273. The molecule has 0 aliphatic carbocycles. The molecule has 0 aromatic carbocycles. The van der Waals surface area contributed by atoms with Crippen LogP contribution in [0.15, 0.2) is 0 Å². The summed E-state index contributed by atoms with van der Waals surface area (Å²) in [6.45, 7) is 8.74. The van der Waals surface area contributed by atoms with E-state index < -0.39 is 0 Å². The molecule has 2 atom stereocenters. The predicted octanol–water partition coefficient (Wildman–Crippen LogP) is 1.62. The summed E-state index contributed by atoms with van der Waals surface area (Å²) in [6.07, 6.45) is 1.74. The van der Waals surface area contributed by atoms with E-state index in [1.54, 1.807) is 7.11 Å². The number of hydrogen-bond acceptors (Lipinski definition) is 3. The number of carbonyl (C=O) groups is 1. The smallest absolute Gasteiger partial charge is 0.317 e. The van der Waals surface area contributed by atoms with Gasteiger partial charge in [-0.2, -0.15) is 0 Å². The van der Waals surface area contributed by atoms with Gasteiger partial charge in [-0.25, -0.2) is 4.79 Å². The number of nitrogens with zero attached hydrogens (tertiary/aromatic N) is 1. The standard InChI is InChI=1S/C13H26N2O3/c1-5-13(3)10-15(7-9-18-13)12(16)14-11(2)6-8-17-4/h11H,5-10H2,1-4H3,(H,14,16). The molecule has 0 aromatic heterocycles. The van der Waals surface area contributed by atoms with Gasteiger partial charge >= 0.3 is 6.03 Å². The summed E-state index contributed by atoms with van der Waals surface area (Å²) in [5.74, 6) is 0. The summed E-state index contributed by atoms with van der Waals surface area (Å²) in [5.41, 5.74) is -0.203. The first-order valence-corrected chi connectivity index (χ1v) is 6.69. The number of methoxy groups -OCH3 is 1. The van der Waals surface area contributed by atoms with Gasteiger partial charge in [0, 0.05) is 26.3 Å². The molecule has 106 valence electrons. The Morgan fingerprint density at radius 1 is 1.61 bits per heavy atom. The van der Waals surface area contributed by atoms with Gasteiger partial charge in [0.15, 0.2) is 0 Å². The Balaban J connectivity index is 2.41. The van der Waals surface area contributed by atoms with E-state index in [2.05, 4.69) is 19.2 Å². The van der Waals surface area contributed by atoms with Crippen molar-refractivity contribution in [3.05, 3.63) is 0 Å². The van der Waals surface area contributed by atoms with Crippen molar-refractivity contribution in [3.8, 4) is 0 Å². The van der Waals surface area contributed by atoms with Crippen LogP contribution >= 0.6 is 0 Å². The number of rotatable bonds is 5. The van der Waals surface area contributed by atoms with Crippen LogP contribution in [0.2, 0.25) is 0 Å². The van der Waals surface area contributed by atoms with E-state index >= 15 is 0 Å². The minimum atomic E-state index is -0.203. The Hall–Kier alpha value is -0.810. The van der Waals surface area contributed by atoms with Crippen LogP contribution in [0.25, 0.3) is 0 Å². The number of ether oxygens (including phenoxy) is 2. The van der Waals surface area contributed by atoms with Crippen molar-refractivity contribution < 1.29 is 14.3 Å². The second-order valence-corrected chi connectivity index (χ2v) is 5.21. The Morgan fingerprint density at radius 2 is 2.33 bits per heavy atom. The van der Waals surface area contributed by atoms with Crippen LogP contribution in [0.1, 0.15) is 33.6 Å². The van der Waals surface area contributed by atoms with Crippen molar-refractivity contribution >= 4 is 6.03 Å². The lowest BCUT2D eigenvalue weighted by atomic mass is 10.0. The molecule has 0 aromatic rings. The molecule has 0 saturated carbocycles. The maximum Gasteiger partial charge on any atom is 0.317 e. The fourth-order valence-electron chi connectivity index (χ4n) is 1.99. The first-order valence-electron chi connectivity index (χ1n) is 6.69. The normalized spacial score (nSPS) is 25.9. The number of urea groups is 1.